The SMILES string of the molecule is COc1ccc(-c2nc(C(=O)OCC(=O)Nc3cccc(C)c3C)cs2)cc1. The quantitative estimate of drug-likeness (QED) is 0.631. The van der Waals surface area contributed by atoms with Gasteiger partial charge in [-0.2, -0.15) is 0 Å². The zero-order valence-corrected chi connectivity index (χ0v) is 16.6. The predicted molar refractivity (Wildman–Crippen MR) is 109 cm³/mol. The number of hydrogen-bond donors (Lipinski definition) is 1. The first-order chi connectivity index (χ1) is 13.5. The zero-order chi connectivity index (χ0) is 20.1. The molecule has 1 heterocycles. The molecule has 0 atom stereocenters. The summed E-state index contributed by atoms with van der Waals surface area (Å²) < 4.78 is 10.2. The van der Waals surface area contributed by atoms with Crippen LogP contribution in [-0.2, 0) is 9.53 Å². The van der Waals surface area contributed by atoms with Crippen molar-refractivity contribution < 1.29 is 19.1 Å². The number of benzene rings is 2. The van der Waals surface area contributed by atoms with Crippen LogP contribution in [0.5, 0.6) is 5.75 Å². The van der Waals surface area contributed by atoms with Crippen molar-refractivity contribution in [2.75, 3.05) is 19.0 Å². The van der Waals surface area contributed by atoms with Crippen LogP contribution in [0.4, 0.5) is 5.69 Å². The van der Waals surface area contributed by atoms with Gasteiger partial charge >= 0.3 is 5.97 Å². The highest BCUT2D eigenvalue weighted by molar-refractivity contribution is 7.13. The minimum Gasteiger partial charge on any atom is -0.497 e. The molecule has 2 aromatic carbocycles. The Morgan fingerprint density at radius 1 is 1.11 bits per heavy atom. The van der Waals surface area contributed by atoms with Crippen LogP contribution in [0.25, 0.3) is 10.6 Å². The van der Waals surface area contributed by atoms with E-state index in [0.717, 1.165) is 22.4 Å². The monoisotopic (exact) mass is 396 g/mol. The van der Waals surface area contributed by atoms with Crippen LogP contribution in [0.2, 0.25) is 0 Å². The number of nitrogens with zero attached hydrogens (tertiary/aromatic N) is 1. The summed E-state index contributed by atoms with van der Waals surface area (Å²) in [5, 5.41) is 5.06. The molecule has 1 aromatic heterocycles. The van der Waals surface area contributed by atoms with Crippen LogP contribution in [-0.4, -0.2) is 30.6 Å². The lowest BCUT2D eigenvalue weighted by molar-refractivity contribution is -0.119. The lowest BCUT2D eigenvalue weighted by atomic mass is 10.1. The van der Waals surface area contributed by atoms with Crippen molar-refractivity contribution in [1.29, 1.82) is 0 Å². The maximum absolute atomic E-state index is 12.2. The summed E-state index contributed by atoms with van der Waals surface area (Å²) in [6.45, 7) is 3.52. The number of hydrogen-bond acceptors (Lipinski definition) is 6. The average molecular weight is 396 g/mol. The summed E-state index contributed by atoms with van der Waals surface area (Å²) >= 11 is 1.33. The Balaban J connectivity index is 1.58. The fourth-order valence-corrected chi connectivity index (χ4v) is 3.31. The Kier molecular flexibility index (Phi) is 6.06. The second-order valence-electron chi connectivity index (χ2n) is 6.14. The molecule has 1 N–H and O–H groups in total. The van der Waals surface area contributed by atoms with Crippen LogP contribution in [0.1, 0.15) is 21.6 Å². The number of ether oxygens (including phenoxy) is 2. The number of aromatic nitrogens is 1. The summed E-state index contributed by atoms with van der Waals surface area (Å²) in [4.78, 5) is 28.6. The van der Waals surface area contributed by atoms with E-state index in [1.165, 1.54) is 11.3 Å². The van der Waals surface area contributed by atoms with Gasteiger partial charge in [0.15, 0.2) is 12.3 Å². The Bertz CT molecular complexity index is 996. The molecule has 144 valence electrons. The van der Waals surface area contributed by atoms with Crippen molar-refractivity contribution in [1.82, 2.24) is 4.98 Å². The van der Waals surface area contributed by atoms with Gasteiger partial charge in [0, 0.05) is 16.6 Å². The van der Waals surface area contributed by atoms with E-state index < -0.39 is 11.9 Å². The number of thiazole rings is 1. The largest absolute Gasteiger partial charge is 0.497 e. The van der Waals surface area contributed by atoms with Crippen molar-refractivity contribution in [3.8, 4) is 16.3 Å². The van der Waals surface area contributed by atoms with Gasteiger partial charge in [-0.1, -0.05) is 12.1 Å². The van der Waals surface area contributed by atoms with Gasteiger partial charge in [0.05, 0.1) is 7.11 Å². The summed E-state index contributed by atoms with van der Waals surface area (Å²) in [7, 11) is 1.60. The number of nitrogens with one attached hydrogen (secondary N) is 1. The first-order valence-corrected chi connectivity index (χ1v) is 9.49. The van der Waals surface area contributed by atoms with Crippen LogP contribution in [0.15, 0.2) is 47.8 Å². The van der Waals surface area contributed by atoms with Crippen molar-refractivity contribution >= 4 is 28.9 Å². The molecule has 6 nitrogen and oxygen atoms in total. The van der Waals surface area contributed by atoms with Crippen molar-refractivity contribution in [3.63, 3.8) is 0 Å². The van der Waals surface area contributed by atoms with Crippen molar-refractivity contribution in [3.05, 3.63) is 64.7 Å². The van der Waals surface area contributed by atoms with E-state index in [1.807, 2.05) is 56.3 Å². The minimum atomic E-state index is -0.632. The summed E-state index contributed by atoms with van der Waals surface area (Å²) in [5.74, 6) is -0.283. The highest BCUT2D eigenvalue weighted by Crippen LogP contribution is 2.26. The molecule has 0 radical (unpaired) electrons. The average Bonchev–Trinajstić information content (AvgIpc) is 3.20. The summed E-state index contributed by atoms with van der Waals surface area (Å²) in [5.41, 5.74) is 3.80. The molecule has 0 bridgehead atoms. The first kappa shape index (κ1) is 19.6. The third-order valence-corrected chi connectivity index (χ3v) is 5.15. The molecular formula is C21H20N2O4S. The fraction of sp³-hybridized carbons (Fsp3) is 0.190. The van der Waals surface area contributed by atoms with E-state index in [1.54, 1.807) is 12.5 Å². The van der Waals surface area contributed by atoms with Gasteiger partial charge < -0.3 is 14.8 Å². The van der Waals surface area contributed by atoms with Crippen LogP contribution < -0.4 is 10.1 Å². The van der Waals surface area contributed by atoms with E-state index >= 15 is 0 Å². The standard InChI is InChI=1S/C21H20N2O4S/c1-13-5-4-6-17(14(13)2)22-19(24)11-27-21(25)18-12-28-20(23-18)15-7-9-16(26-3)10-8-15/h4-10,12H,11H2,1-3H3,(H,22,24). The molecule has 28 heavy (non-hydrogen) atoms. The van der Waals surface area contributed by atoms with E-state index in [0.29, 0.717) is 10.7 Å². The highest BCUT2D eigenvalue weighted by Gasteiger charge is 2.15. The van der Waals surface area contributed by atoms with Gasteiger partial charge in [-0.05, 0) is 55.3 Å². The van der Waals surface area contributed by atoms with Gasteiger partial charge in [0.2, 0.25) is 0 Å². The van der Waals surface area contributed by atoms with Gasteiger partial charge in [0.25, 0.3) is 5.91 Å². The maximum Gasteiger partial charge on any atom is 0.358 e. The van der Waals surface area contributed by atoms with Gasteiger partial charge in [0.1, 0.15) is 10.8 Å². The molecule has 7 heteroatoms. The number of methoxy groups -OCH3 is 1. The van der Waals surface area contributed by atoms with E-state index in [4.69, 9.17) is 9.47 Å². The Morgan fingerprint density at radius 2 is 1.86 bits per heavy atom. The molecular weight excluding hydrogens is 376 g/mol. The first-order valence-electron chi connectivity index (χ1n) is 8.61. The molecule has 0 fully saturated rings. The minimum absolute atomic E-state index is 0.176. The second-order valence-corrected chi connectivity index (χ2v) is 7.00. The molecule has 0 spiro atoms. The van der Waals surface area contributed by atoms with Gasteiger partial charge in [-0.15, -0.1) is 11.3 Å². The number of aryl methyl sites for hydroxylation is 1. The number of carbonyl (C=O) groups is 2. The number of amides is 1. The van der Waals surface area contributed by atoms with Crippen LogP contribution in [0.3, 0.4) is 0 Å². The Morgan fingerprint density at radius 3 is 2.57 bits per heavy atom. The third kappa shape index (κ3) is 4.55. The Labute approximate surface area is 167 Å². The molecule has 0 aliphatic heterocycles. The van der Waals surface area contributed by atoms with Gasteiger partial charge in [-0.3, -0.25) is 4.79 Å². The number of anilines is 1. The van der Waals surface area contributed by atoms with Gasteiger partial charge in [-0.25, -0.2) is 9.78 Å². The highest BCUT2D eigenvalue weighted by atomic mass is 32.1. The van der Waals surface area contributed by atoms with E-state index in [-0.39, 0.29) is 12.3 Å². The molecule has 0 unspecified atom stereocenters. The lowest BCUT2D eigenvalue weighted by Gasteiger charge is -2.10. The summed E-state index contributed by atoms with van der Waals surface area (Å²) in [6.07, 6.45) is 0. The molecule has 3 aromatic rings. The van der Waals surface area contributed by atoms with Crippen molar-refractivity contribution in [2.45, 2.75) is 13.8 Å². The maximum atomic E-state index is 12.2. The smallest absolute Gasteiger partial charge is 0.358 e. The van der Waals surface area contributed by atoms with E-state index in [9.17, 15) is 9.59 Å². The molecule has 0 saturated heterocycles. The zero-order valence-electron chi connectivity index (χ0n) is 15.8. The molecule has 3 rings (SSSR count). The summed E-state index contributed by atoms with van der Waals surface area (Å²) in [6, 6.07) is 13.0. The Hall–Kier alpha value is -3.19. The lowest BCUT2D eigenvalue weighted by Crippen LogP contribution is -2.21. The molecule has 0 saturated carbocycles. The number of esters is 1. The molecule has 0 aliphatic rings. The van der Waals surface area contributed by atoms with Crippen LogP contribution in [0, 0.1) is 13.8 Å². The van der Waals surface area contributed by atoms with E-state index in [2.05, 4.69) is 10.3 Å². The number of carbonyl (C=O) groups excluding carboxylic acids is 2. The predicted octanol–water partition coefficient (Wildman–Crippen LogP) is 4.23. The normalized spacial score (nSPS) is 10.4. The topological polar surface area (TPSA) is 77.5 Å². The van der Waals surface area contributed by atoms with Crippen LogP contribution >= 0.6 is 11.3 Å². The second kappa shape index (κ2) is 8.67. The number of rotatable bonds is 6. The molecule has 1 amide bonds. The van der Waals surface area contributed by atoms with Crippen molar-refractivity contribution in [2.24, 2.45) is 0 Å². The fourth-order valence-electron chi connectivity index (χ4n) is 2.51. The molecule has 0 aliphatic carbocycles. The third-order valence-electron chi connectivity index (χ3n) is 4.26.